The molecule has 2 amide bonds. The summed E-state index contributed by atoms with van der Waals surface area (Å²) >= 11 is 0. The van der Waals surface area contributed by atoms with Gasteiger partial charge in [0.1, 0.15) is 11.5 Å². The number of benzene rings is 2. The van der Waals surface area contributed by atoms with Gasteiger partial charge in [-0.2, -0.15) is 5.10 Å². The molecule has 0 radical (unpaired) electrons. The van der Waals surface area contributed by atoms with E-state index in [1.165, 1.54) is 0 Å². The molecule has 2 N–H and O–H groups in total. The summed E-state index contributed by atoms with van der Waals surface area (Å²) < 4.78 is 12.9. The summed E-state index contributed by atoms with van der Waals surface area (Å²) in [6.45, 7) is 4.09. The highest BCUT2D eigenvalue weighted by atomic mass is 16.5. The van der Waals surface area contributed by atoms with E-state index in [1.807, 2.05) is 41.9 Å². The van der Waals surface area contributed by atoms with Crippen molar-refractivity contribution in [1.82, 2.24) is 20.6 Å². The maximum absolute atomic E-state index is 12.8. The molecule has 166 valence electrons. The zero-order valence-corrected chi connectivity index (χ0v) is 18.1. The zero-order chi connectivity index (χ0) is 22.5. The molecule has 0 aliphatic heterocycles. The maximum atomic E-state index is 12.8. The third-order valence-corrected chi connectivity index (χ3v) is 5.26. The number of carbonyl (C=O) groups is 2. The number of para-hydroxylation sites is 1. The number of nitrogens with one attached hydrogen (secondary N) is 2. The van der Waals surface area contributed by atoms with Crippen molar-refractivity contribution in [2.24, 2.45) is 0 Å². The Morgan fingerprint density at radius 2 is 1.75 bits per heavy atom. The van der Waals surface area contributed by atoms with Crippen LogP contribution in [-0.2, 0) is 17.6 Å². The van der Waals surface area contributed by atoms with Crippen LogP contribution in [0.25, 0.3) is 5.69 Å². The summed E-state index contributed by atoms with van der Waals surface area (Å²) in [6.07, 6.45) is 1.82. The molecule has 32 heavy (non-hydrogen) atoms. The first-order chi connectivity index (χ1) is 15.6. The SMILES string of the molecule is CCOc1ccc(OC(C)C(=O)NNC(=O)c2nn(-c3ccccc3)c3c2CCC3)cc1. The monoisotopic (exact) mass is 434 g/mol. The fourth-order valence-corrected chi connectivity index (χ4v) is 3.72. The largest absolute Gasteiger partial charge is 0.494 e. The molecule has 8 nitrogen and oxygen atoms in total. The van der Waals surface area contributed by atoms with Crippen molar-refractivity contribution in [2.75, 3.05) is 6.61 Å². The van der Waals surface area contributed by atoms with Gasteiger partial charge in [-0.3, -0.25) is 20.4 Å². The minimum absolute atomic E-state index is 0.335. The smallest absolute Gasteiger partial charge is 0.290 e. The Balaban J connectivity index is 1.38. The number of fused-ring (bicyclic) bond motifs is 1. The molecule has 0 fully saturated rings. The van der Waals surface area contributed by atoms with E-state index in [1.54, 1.807) is 31.2 Å². The van der Waals surface area contributed by atoms with Crippen LogP contribution in [0.4, 0.5) is 0 Å². The number of hydrogen-bond donors (Lipinski definition) is 2. The maximum Gasteiger partial charge on any atom is 0.290 e. The second-order valence-corrected chi connectivity index (χ2v) is 7.48. The molecule has 1 heterocycles. The van der Waals surface area contributed by atoms with Crippen LogP contribution >= 0.6 is 0 Å². The average Bonchev–Trinajstić information content (AvgIpc) is 3.42. The molecule has 0 saturated heterocycles. The van der Waals surface area contributed by atoms with Gasteiger partial charge < -0.3 is 9.47 Å². The van der Waals surface area contributed by atoms with Crippen molar-refractivity contribution < 1.29 is 19.1 Å². The number of ether oxygens (including phenoxy) is 2. The van der Waals surface area contributed by atoms with Crippen molar-refractivity contribution in [3.63, 3.8) is 0 Å². The lowest BCUT2D eigenvalue weighted by Gasteiger charge is -2.15. The van der Waals surface area contributed by atoms with Gasteiger partial charge in [-0.25, -0.2) is 4.68 Å². The summed E-state index contributed by atoms with van der Waals surface area (Å²) in [6, 6.07) is 16.7. The predicted octanol–water partition coefficient (Wildman–Crippen LogP) is 2.99. The molecule has 1 aromatic heterocycles. The van der Waals surface area contributed by atoms with Crippen LogP contribution in [0.1, 0.15) is 42.0 Å². The van der Waals surface area contributed by atoms with E-state index in [0.717, 1.165) is 42.0 Å². The summed E-state index contributed by atoms with van der Waals surface area (Å²) in [5.41, 5.74) is 8.12. The topological polar surface area (TPSA) is 94.5 Å². The van der Waals surface area contributed by atoms with Crippen LogP contribution in [0.5, 0.6) is 11.5 Å². The summed E-state index contributed by atoms with van der Waals surface area (Å²) in [5, 5.41) is 4.53. The van der Waals surface area contributed by atoms with E-state index in [-0.39, 0.29) is 0 Å². The van der Waals surface area contributed by atoms with Crippen LogP contribution in [0.15, 0.2) is 54.6 Å². The van der Waals surface area contributed by atoms with Crippen LogP contribution in [0, 0.1) is 0 Å². The van der Waals surface area contributed by atoms with Gasteiger partial charge in [0.2, 0.25) is 0 Å². The molecule has 0 bridgehead atoms. The molecule has 0 spiro atoms. The van der Waals surface area contributed by atoms with Crippen molar-refractivity contribution in [2.45, 2.75) is 39.2 Å². The third kappa shape index (κ3) is 4.59. The zero-order valence-electron chi connectivity index (χ0n) is 18.1. The highest BCUT2D eigenvalue weighted by Crippen LogP contribution is 2.27. The number of aromatic nitrogens is 2. The number of hydrogen-bond acceptors (Lipinski definition) is 5. The van der Waals surface area contributed by atoms with Crippen molar-refractivity contribution in [3.05, 3.63) is 71.5 Å². The first kappa shape index (κ1) is 21.4. The lowest BCUT2D eigenvalue weighted by atomic mass is 10.2. The normalized spacial score (nSPS) is 13.2. The van der Waals surface area contributed by atoms with Gasteiger partial charge in [-0.1, -0.05) is 18.2 Å². The second kappa shape index (κ2) is 9.55. The summed E-state index contributed by atoms with van der Waals surface area (Å²) in [7, 11) is 0. The second-order valence-electron chi connectivity index (χ2n) is 7.48. The fourth-order valence-electron chi connectivity index (χ4n) is 3.72. The number of amides is 2. The number of nitrogens with zero attached hydrogens (tertiary/aromatic N) is 2. The van der Waals surface area contributed by atoms with Gasteiger partial charge in [0.15, 0.2) is 11.8 Å². The number of hydrazine groups is 1. The van der Waals surface area contributed by atoms with Crippen LogP contribution < -0.4 is 20.3 Å². The van der Waals surface area contributed by atoms with Crippen LogP contribution in [0.2, 0.25) is 0 Å². The Morgan fingerprint density at radius 3 is 2.47 bits per heavy atom. The first-order valence-electron chi connectivity index (χ1n) is 10.7. The van der Waals surface area contributed by atoms with E-state index in [4.69, 9.17) is 9.47 Å². The van der Waals surface area contributed by atoms with Crippen molar-refractivity contribution >= 4 is 11.8 Å². The highest BCUT2D eigenvalue weighted by molar-refractivity contribution is 5.95. The molecule has 8 heteroatoms. The molecular formula is C24H26N4O4. The number of rotatable bonds is 7. The predicted molar refractivity (Wildman–Crippen MR) is 119 cm³/mol. The number of carbonyl (C=O) groups excluding carboxylic acids is 2. The van der Waals surface area contributed by atoms with E-state index in [9.17, 15) is 9.59 Å². The molecule has 1 aliphatic rings. The summed E-state index contributed by atoms with van der Waals surface area (Å²) in [5.74, 6) is 0.347. The van der Waals surface area contributed by atoms with Crippen LogP contribution in [-0.4, -0.2) is 34.3 Å². The molecule has 0 saturated carbocycles. The lowest BCUT2D eigenvalue weighted by Crippen LogP contribution is -2.47. The van der Waals surface area contributed by atoms with Gasteiger partial charge in [-0.05, 0) is 69.5 Å². The Hall–Kier alpha value is -3.81. The molecule has 1 unspecified atom stereocenters. The summed E-state index contributed by atoms with van der Waals surface area (Å²) in [4.78, 5) is 25.2. The molecule has 3 aromatic rings. The van der Waals surface area contributed by atoms with Crippen molar-refractivity contribution in [3.8, 4) is 17.2 Å². The van der Waals surface area contributed by atoms with Crippen LogP contribution in [0.3, 0.4) is 0 Å². The average molecular weight is 434 g/mol. The first-order valence-corrected chi connectivity index (χ1v) is 10.7. The van der Waals surface area contributed by atoms with Crippen molar-refractivity contribution in [1.29, 1.82) is 0 Å². The van der Waals surface area contributed by atoms with Gasteiger partial charge in [0.25, 0.3) is 11.8 Å². The third-order valence-electron chi connectivity index (χ3n) is 5.26. The molecule has 1 aliphatic carbocycles. The quantitative estimate of drug-likeness (QED) is 0.558. The molecule has 2 aromatic carbocycles. The minimum atomic E-state index is -0.805. The lowest BCUT2D eigenvalue weighted by molar-refractivity contribution is -0.128. The van der Waals surface area contributed by atoms with Gasteiger partial charge in [0, 0.05) is 11.3 Å². The van der Waals surface area contributed by atoms with E-state index < -0.39 is 17.9 Å². The highest BCUT2D eigenvalue weighted by Gasteiger charge is 2.27. The Labute approximate surface area is 186 Å². The standard InChI is InChI=1S/C24H26N4O4/c1-3-31-18-12-14-19(15-13-18)32-16(2)23(29)25-26-24(30)22-20-10-7-11-21(20)28(27-22)17-8-5-4-6-9-17/h4-6,8-9,12-16H,3,7,10-11H2,1-2H3,(H,25,29)(H,26,30). The Morgan fingerprint density at radius 1 is 1.03 bits per heavy atom. The van der Waals surface area contributed by atoms with Gasteiger partial charge in [-0.15, -0.1) is 0 Å². The van der Waals surface area contributed by atoms with E-state index in [0.29, 0.717) is 18.1 Å². The molecule has 4 rings (SSSR count). The van der Waals surface area contributed by atoms with Gasteiger partial charge in [0.05, 0.1) is 12.3 Å². The Kier molecular flexibility index (Phi) is 6.39. The molecular weight excluding hydrogens is 408 g/mol. The van der Waals surface area contributed by atoms with E-state index >= 15 is 0 Å². The minimum Gasteiger partial charge on any atom is -0.494 e. The molecule has 1 atom stereocenters. The van der Waals surface area contributed by atoms with Gasteiger partial charge >= 0.3 is 0 Å². The van der Waals surface area contributed by atoms with E-state index in [2.05, 4.69) is 16.0 Å². The Bertz CT molecular complexity index is 1090. The fraction of sp³-hybridized carbons (Fsp3) is 0.292.